The monoisotopic (exact) mass is 499 g/mol. The lowest BCUT2D eigenvalue weighted by molar-refractivity contribution is -0.137. The van der Waals surface area contributed by atoms with E-state index in [1.807, 2.05) is 30.3 Å². The highest BCUT2D eigenvalue weighted by molar-refractivity contribution is 5.84. The zero-order valence-electron chi connectivity index (χ0n) is 21.8. The minimum absolute atomic E-state index is 0.0419. The van der Waals surface area contributed by atoms with E-state index in [0.717, 1.165) is 23.8 Å². The molecule has 0 aromatic heterocycles. The topological polar surface area (TPSA) is 61.9 Å². The molecule has 0 spiro atoms. The fourth-order valence-corrected chi connectivity index (χ4v) is 4.18. The summed E-state index contributed by atoms with van der Waals surface area (Å²) in [5, 5.41) is 3.36. The van der Waals surface area contributed by atoms with Crippen molar-refractivity contribution in [2.75, 3.05) is 13.6 Å². The molecule has 0 bridgehead atoms. The summed E-state index contributed by atoms with van der Waals surface area (Å²) < 4.78 is 34.2. The lowest BCUT2D eigenvalue weighted by Crippen LogP contribution is -2.52. The van der Waals surface area contributed by atoms with E-state index in [9.17, 15) is 18.4 Å². The molecule has 8 heteroatoms. The summed E-state index contributed by atoms with van der Waals surface area (Å²) >= 11 is 0. The Morgan fingerprint density at radius 3 is 2.39 bits per heavy atom. The molecular formula is C28H35F2N3O3. The normalized spacial score (nSPS) is 17.6. The van der Waals surface area contributed by atoms with Gasteiger partial charge < -0.3 is 15.0 Å². The van der Waals surface area contributed by atoms with Crippen molar-refractivity contribution in [3.63, 3.8) is 0 Å². The van der Waals surface area contributed by atoms with E-state index in [-0.39, 0.29) is 17.4 Å². The van der Waals surface area contributed by atoms with Crippen LogP contribution in [-0.4, -0.2) is 41.0 Å². The number of halogens is 2. The van der Waals surface area contributed by atoms with Crippen molar-refractivity contribution >= 4 is 17.7 Å². The maximum absolute atomic E-state index is 14.7. The van der Waals surface area contributed by atoms with Gasteiger partial charge in [0, 0.05) is 31.3 Å². The molecular weight excluding hydrogens is 464 g/mol. The smallest absolute Gasteiger partial charge is 0.410 e. The Kier molecular flexibility index (Phi) is 8.06. The van der Waals surface area contributed by atoms with Crippen molar-refractivity contribution in [3.05, 3.63) is 77.5 Å². The first-order valence-electron chi connectivity index (χ1n) is 12.1. The Hall–Kier alpha value is -3.42. The molecule has 0 radical (unpaired) electrons. The molecule has 2 aromatic carbocycles. The van der Waals surface area contributed by atoms with Crippen LogP contribution in [0.2, 0.25) is 0 Å². The molecule has 0 saturated heterocycles. The molecule has 1 aliphatic heterocycles. The van der Waals surface area contributed by atoms with E-state index in [1.165, 1.54) is 4.90 Å². The Morgan fingerprint density at radius 1 is 1.11 bits per heavy atom. The first kappa shape index (κ1) is 27.2. The molecule has 1 atom stereocenters. The van der Waals surface area contributed by atoms with Crippen molar-refractivity contribution in [2.24, 2.45) is 5.92 Å². The molecule has 2 amide bonds. The molecule has 0 fully saturated rings. The second-order valence-electron chi connectivity index (χ2n) is 10.4. The van der Waals surface area contributed by atoms with Gasteiger partial charge in [-0.15, -0.1) is 0 Å². The molecule has 0 aliphatic carbocycles. The molecule has 6 nitrogen and oxygen atoms in total. The fourth-order valence-electron chi connectivity index (χ4n) is 4.18. The van der Waals surface area contributed by atoms with E-state index in [4.69, 9.17) is 4.74 Å². The van der Waals surface area contributed by atoms with Gasteiger partial charge in [0.1, 0.15) is 22.9 Å². The molecule has 2 aromatic rings. The Labute approximate surface area is 211 Å². The van der Waals surface area contributed by atoms with E-state index < -0.39 is 29.0 Å². The van der Waals surface area contributed by atoms with Crippen molar-refractivity contribution in [1.82, 2.24) is 15.1 Å². The zero-order chi connectivity index (χ0) is 26.7. The van der Waals surface area contributed by atoms with Crippen LogP contribution in [0, 0.1) is 17.6 Å². The van der Waals surface area contributed by atoms with Gasteiger partial charge in [0.05, 0.1) is 5.70 Å². The van der Waals surface area contributed by atoms with Gasteiger partial charge in [-0.25, -0.2) is 13.6 Å². The average Bonchev–Trinajstić information content (AvgIpc) is 3.19. The molecule has 36 heavy (non-hydrogen) atoms. The largest absolute Gasteiger partial charge is 0.444 e. The number of carbonyl (C=O) groups excluding carboxylic acids is 2. The fraction of sp³-hybridized carbons (Fsp3) is 0.429. The third-order valence-electron chi connectivity index (χ3n) is 5.95. The minimum Gasteiger partial charge on any atom is -0.444 e. The zero-order valence-corrected chi connectivity index (χ0v) is 21.8. The van der Waals surface area contributed by atoms with E-state index in [0.29, 0.717) is 25.1 Å². The predicted molar refractivity (Wildman–Crippen MR) is 135 cm³/mol. The maximum Gasteiger partial charge on any atom is 0.410 e. The summed E-state index contributed by atoms with van der Waals surface area (Å²) in [6.45, 7) is 9.38. The second-order valence-corrected chi connectivity index (χ2v) is 10.4. The highest BCUT2D eigenvalue weighted by Crippen LogP contribution is 2.40. The van der Waals surface area contributed by atoms with Gasteiger partial charge in [-0.05, 0) is 57.4 Å². The summed E-state index contributed by atoms with van der Waals surface area (Å²) in [4.78, 5) is 28.9. The van der Waals surface area contributed by atoms with E-state index in [2.05, 4.69) is 5.32 Å². The van der Waals surface area contributed by atoms with Crippen LogP contribution >= 0.6 is 0 Å². The van der Waals surface area contributed by atoms with Gasteiger partial charge in [0.25, 0.3) is 0 Å². The molecule has 194 valence electrons. The van der Waals surface area contributed by atoms with Crippen LogP contribution in [0.25, 0.3) is 5.70 Å². The third kappa shape index (κ3) is 6.04. The van der Waals surface area contributed by atoms with Gasteiger partial charge in [-0.1, -0.05) is 44.2 Å². The molecule has 1 N–H and O–H groups in total. The number of benzene rings is 2. The lowest BCUT2D eigenvalue weighted by Gasteiger charge is -2.40. The van der Waals surface area contributed by atoms with Crippen molar-refractivity contribution < 1.29 is 23.1 Å². The Morgan fingerprint density at radius 2 is 1.78 bits per heavy atom. The van der Waals surface area contributed by atoms with E-state index in [1.54, 1.807) is 52.8 Å². The van der Waals surface area contributed by atoms with Crippen LogP contribution in [0.15, 0.2) is 54.7 Å². The van der Waals surface area contributed by atoms with Gasteiger partial charge in [0.2, 0.25) is 5.91 Å². The summed E-state index contributed by atoms with van der Waals surface area (Å²) in [5.41, 5.74) is -0.517. The van der Waals surface area contributed by atoms with Crippen LogP contribution < -0.4 is 5.32 Å². The molecule has 1 heterocycles. The first-order valence-corrected chi connectivity index (χ1v) is 12.1. The molecule has 0 saturated carbocycles. The summed E-state index contributed by atoms with van der Waals surface area (Å²) in [7, 11) is 1.66. The second kappa shape index (κ2) is 10.7. The van der Waals surface area contributed by atoms with Crippen molar-refractivity contribution in [1.29, 1.82) is 0 Å². The highest BCUT2D eigenvalue weighted by atomic mass is 19.1. The quantitative estimate of drug-likeness (QED) is 0.519. The molecule has 1 unspecified atom stereocenters. The van der Waals surface area contributed by atoms with Gasteiger partial charge in [-0.3, -0.25) is 9.69 Å². The van der Waals surface area contributed by atoms with Crippen LogP contribution in [0.3, 0.4) is 0 Å². The number of hydrogen-bond donors (Lipinski definition) is 1. The third-order valence-corrected chi connectivity index (χ3v) is 5.95. The molecule has 1 aliphatic rings. The maximum atomic E-state index is 14.7. The lowest BCUT2D eigenvalue weighted by atomic mass is 9.91. The number of nitrogens with zero attached hydrogens (tertiary/aromatic N) is 2. The number of ether oxygens (including phenoxy) is 1. The number of nitrogens with one attached hydrogen (secondary N) is 1. The highest BCUT2D eigenvalue weighted by Gasteiger charge is 2.46. The van der Waals surface area contributed by atoms with E-state index >= 15 is 0 Å². The van der Waals surface area contributed by atoms with Crippen LogP contribution in [0.5, 0.6) is 0 Å². The Bertz CT molecular complexity index is 1130. The SMILES string of the molecule is CC(C)C(=O)N1C=C(c2cc(F)ccc2F)NC1(CCCN(C)C(=O)OC(C)(C)C)c1ccccc1. The van der Waals surface area contributed by atoms with Crippen LogP contribution in [-0.2, 0) is 15.2 Å². The van der Waals surface area contributed by atoms with Gasteiger partial charge in [-0.2, -0.15) is 0 Å². The standard InChI is InChI=1S/C28H35F2N3O3/c1-19(2)25(34)33-18-24(22-17-21(29)13-14-23(22)30)31-28(33,20-11-8-7-9-12-20)15-10-16-32(6)26(35)36-27(3,4)5/h7-9,11-14,17-19,31H,10,15-16H2,1-6H3. The van der Waals surface area contributed by atoms with Crippen molar-refractivity contribution in [3.8, 4) is 0 Å². The number of hydrogen-bond acceptors (Lipinski definition) is 4. The van der Waals surface area contributed by atoms with Crippen molar-refractivity contribution in [2.45, 2.75) is 58.7 Å². The van der Waals surface area contributed by atoms with Gasteiger partial charge in [0.15, 0.2) is 0 Å². The summed E-state index contributed by atoms with van der Waals surface area (Å²) in [5.74, 6) is -1.68. The minimum atomic E-state index is -1.05. The van der Waals surface area contributed by atoms with Crippen LogP contribution in [0.4, 0.5) is 13.6 Å². The summed E-state index contributed by atoms with van der Waals surface area (Å²) in [6.07, 6.45) is 2.03. The average molecular weight is 500 g/mol. The van der Waals surface area contributed by atoms with Gasteiger partial charge >= 0.3 is 6.09 Å². The molecule has 3 rings (SSSR count). The number of amides is 2. The number of rotatable bonds is 7. The van der Waals surface area contributed by atoms with Crippen LogP contribution in [0.1, 0.15) is 58.6 Å². The summed E-state index contributed by atoms with van der Waals surface area (Å²) in [6, 6.07) is 12.6. The predicted octanol–water partition coefficient (Wildman–Crippen LogP) is 5.85. The number of carbonyl (C=O) groups is 2. The Balaban J connectivity index is 1.97. The first-order chi connectivity index (χ1) is 16.8.